The average molecular weight is 466 g/mol. The van der Waals surface area contributed by atoms with Crippen LogP contribution in [-0.2, 0) is 9.84 Å². The van der Waals surface area contributed by atoms with E-state index in [0.717, 1.165) is 0 Å². The van der Waals surface area contributed by atoms with Crippen LogP contribution in [0, 0.1) is 0 Å². The van der Waals surface area contributed by atoms with Gasteiger partial charge in [0.15, 0.2) is 9.84 Å². The number of thiophene rings is 1. The van der Waals surface area contributed by atoms with Crippen LogP contribution in [0.2, 0.25) is 5.02 Å². The van der Waals surface area contributed by atoms with Crippen molar-refractivity contribution in [2.24, 2.45) is 0 Å². The van der Waals surface area contributed by atoms with Crippen LogP contribution in [0.4, 0.5) is 0 Å². The van der Waals surface area contributed by atoms with Crippen molar-refractivity contribution < 1.29 is 22.7 Å². The molecule has 0 unspecified atom stereocenters. The summed E-state index contributed by atoms with van der Waals surface area (Å²) in [6, 6.07) is 14.4. The van der Waals surface area contributed by atoms with E-state index < -0.39 is 21.0 Å². The summed E-state index contributed by atoms with van der Waals surface area (Å²) in [6.45, 7) is -0.108. The van der Waals surface area contributed by atoms with Crippen molar-refractivity contribution in [3.8, 4) is 11.5 Å². The van der Waals surface area contributed by atoms with Crippen molar-refractivity contribution in [1.82, 2.24) is 5.32 Å². The largest absolute Gasteiger partial charge is 0.497 e. The van der Waals surface area contributed by atoms with Crippen molar-refractivity contribution in [2.45, 2.75) is 10.1 Å². The van der Waals surface area contributed by atoms with Gasteiger partial charge in [0.05, 0.1) is 24.7 Å². The van der Waals surface area contributed by atoms with E-state index in [9.17, 15) is 13.2 Å². The molecule has 1 aromatic heterocycles. The molecular formula is C21H20ClNO5S2. The first-order valence-electron chi connectivity index (χ1n) is 8.90. The van der Waals surface area contributed by atoms with E-state index >= 15 is 0 Å². The van der Waals surface area contributed by atoms with Gasteiger partial charge in [0.2, 0.25) is 0 Å². The molecule has 0 saturated heterocycles. The first-order chi connectivity index (χ1) is 14.4. The number of sulfone groups is 1. The zero-order valence-corrected chi connectivity index (χ0v) is 18.7. The number of rotatable bonds is 8. The molecule has 0 fully saturated rings. The van der Waals surface area contributed by atoms with E-state index in [2.05, 4.69) is 5.32 Å². The maximum atomic E-state index is 13.3. The lowest BCUT2D eigenvalue weighted by Crippen LogP contribution is -2.31. The third kappa shape index (κ3) is 4.77. The highest BCUT2D eigenvalue weighted by Crippen LogP contribution is 2.32. The highest BCUT2D eigenvalue weighted by molar-refractivity contribution is 7.91. The summed E-state index contributed by atoms with van der Waals surface area (Å²) < 4.78 is 37.0. The van der Waals surface area contributed by atoms with Crippen LogP contribution in [0.5, 0.6) is 11.5 Å². The molecule has 1 atom stereocenters. The minimum absolute atomic E-state index is 0.108. The fraction of sp³-hybridized carbons (Fsp3) is 0.190. The van der Waals surface area contributed by atoms with Crippen molar-refractivity contribution in [1.29, 1.82) is 0 Å². The van der Waals surface area contributed by atoms with E-state index in [-0.39, 0.29) is 17.0 Å². The molecule has 0 spiro atoms. The fourth-order valence-corrected chi connectivity index (χ4v) is 5.86. The van der Waals surface area contributed by atoms with Crippen LogP contribution in [-0.4, -0.2) is 35.1 Å². The maximum Gasteiger partial charge on any atom is 0.255 e. The molecule has 3 rings (SSSR count). The van der Waals surface area contributed by atoms with E-state index in [0.29, 0.717) is 21.4 Å². The molecule has 0 aliphatic carbocycles. The zero-order valence-electron chi connectivity index (χ0n) is 16.3. The van der Waals surface area contributed by atoms with Crippen molar-refractivity contribution in [3.05, 3.63) is 75.4 Å². The van der Waals surface area contributed by atoms with Crippen LogP contribution in [0.15, 0.2) is 64.9 Å². The molecule has 9 heteroatoms. The van der Waals surface area contributed by atoms with Gasteiger partial charge in [-0.25, -0.2) is 8.42 Å². The lowest BCUT2D eigenvalue weighted by atomic mass is 10.2. The summed E-state index contributed by atoms with van der Waals surface area (Å²) >= 11 is 7.32. The molecule has 0 radical (unpaired) electrons. The molecule has 1 amide bonds. The Morgan fingerprint density at radius 1 is 1.10 bits per heavy atom. The molecular weight excluding hydrogens is 446 g/mol. The number of benzene rings is 2. The number of ether oxygens (including phenoxy) is 2. The number of hydrogen-bond acceptors (Lipinski definition) is 6. The van der Waals surface area contributed by atoms with Crippen molar-refractivity contribution in [3.63, 3.8) is 0 Å². The molecule has 2 aromatic carbocycles. The Balaban J connectivity index is 1.88. The molecule has 158 valence electrons. The summed E-state index contributed by atoms with van der Waals surface area (Å²) in [5.74, 6) is 0.436. The van der Waals surface area contributed by atoms with Crippen LogP contribution in [0.25, 0.3) is 0 Å². The Labute approximate surface area is 184 Å². The number of carbonyl (C=O) groups is 1. The maximum absolute atomic E-state index is 13.3. The number of carbonyl (C=O) groups excluding carboxylic acids is 1. The summed E-state index contributed by atoms with van der Waals surface area (Å²) in [7, 11) is -0.809. The van der Waals surface area contributed by atoms with Crippen LogP contribution in [0.3, 0.4) is 0 Å². The minimum atomic E-state index is -3.77. The SMILES string of the molecule is COc1ccc(S(=O)(=O)[C@H](CNC(=O)c2cc(Cl)ccc2OC)c2cccs2)cc1. The van der Waals surface area contributed by atoms with Crippen LogP contribution < -0.4 is 14.8 Å². The second kappa shape index (κ2) is 9.51. The number of halogens is 1. The quantitative estimate of drug-likeness (QED) is 0.534. The molecule has 1 N–H and O–H groups in total. The van der Waals surface area contributed by atoms with Gasteiger partial charge >= 0.3 is 0 Å². The van der Waals surface area contributed by atoms with Gasteiger partial charge in [-0.2, -0.15) is 0 Å². The smallest absolute Gasteiger partial charge is 0.255 e. The number of amides is 1. The van der Waals surface area contributed by atoms with Gasteiger partial charge in [0.25, 0.3) is 5.91 Å². The lowest BCUT2D eigenvalue weighted by Gasteiger charge is -2.18. The predicted octanol–water partition coefficient (Wildman–Crippen LogP) is 4.36. The van der Waals surface area contributed by atoms with Crippen molar-refractivity contribution >= 4 is 38.7 Å². The molecule has 0 aliphatic rings. The minimum Gasteiger partial charge on any atom is -0.497 e. The van der Waals surface area contributed by atoms with Gasteiger partial charge in [-0.3, -0.25) is 4.79 Å². The summed E-state index contributed by atoms with van der Waals surface area (Å²) in [5.41, 5.74) is 0.233. The van der Waals surface area contributed by atoms with E-state index in [1.165, 1.54) is 43.8 Å². The zero-order chi connectivity index (χ0) is 21.7. The lowest BCUT2D eigenvalue weighted by molar-refractivity contribution is 0.0950. The number of hydrogen-bond donors (Lipinski definition) is 1. The Hall–Kier alpha value is -2.55. The van der Waals surface area contributed by atoms with Crippen LogP contribution in [0.1, 0.15) is 20.5 Å². The third-order valence-electron chi connectivity index (χ3n) is 4.48. The Morgan fingerprint density at radius 2 is 1.83 bits per heavy atom. The van der Waals surface area contributed by atoms with Gasteiger partial charge in [0.1, 0.15) is 16.7 Å². The molecule has 0 bridgehead atoms. The van der Waals surface area contributed by atoms with E-state index in [1.807, 2.05) is 0 Å². The van der Waals surface area contributed by atoms with E-state index in [4.69, 9.17) is 21.1 Å². The third-order valence-corrected chi connectivity index (χ3v) is 7.95. The highest BCUT2D eigenvalue weighted by Gasteiger charge is 2.31. The second-order valence-electron chi connectivity index (χ2n) is 6.28. The normalized spacial score (nSPS) is 12.2. The summed E-state index contributed by atoms with van der Waals surface area (Å²) in [5, 5.41) is 3.94. The molecule has 0 aliphatic heterocycles. The average Bonchev–Trinajstić information content (AvgIpc) is 3.28. The van der Waals surface area contributed by atoms with E-state index in [1.54, 1.807) is 41.8 Å². The fourth-order valence-electron chi connectivity index (χ4n) is 2.91. The number of nitrogens with one attached hydrogen (secondary N) is 1. The van der Waals surface area contributed by atoms with Gasteiger partial charge in [-0.1, -0.05) is 17.7 Å². The summed E-state index contributed by atoms with van der Waals surface area (Å²) in [4.78, 5) is 13.5. The van der Waals surface area contributed by atoms with Gasteiger partial charge in [-0.05, 0) is 53.9 Å². The van der Waals surface area contributed by atoms with Crippen LogP contribution >= 0.6 is 22.9 Å². The highest BCUT2D eigenvalue weighted by atomic mass is 35.5. The Bertz CT molecular complexity index is 1110. The van der Waals surface area contributed by atoms with Gasteiger partial charge in [0, 0.05) is 16.4 Å². The molecule has 0 saturated carbocycles. The topological polar surface area (TPSA) is 81.7 Å². The van der Waals surface area contributed by atoms with Gasteiger partial charge in [-0.15, -0.1) is 11.3 Å². The van der Waals surface area contributed by atoms with Gasteiger partial charge < -0.3 is 14.8 Å². The summed E-state index contributed by atoms with van der Waals surface area (Å²) in [6.07, 6.45) is 0. The predicted molar refractivity (Wildman–Crippen MR) is 118 cm³/mol. The molecule has 1 heterocycles. The second-order valence-corrected chi connectivity index (χ2v) is 9.83. The Kier molecular flexibility index (Phi) is 7.02. The molecule has 6 nitrogen and oxygen atoms in total. The van der Waals surface area contributed by atoms with Crippen molar-refractivity contribution in [2.75, 3.05) is 20.8 Å². The molecule has 30 heavy (non-hydrogen) atoms. The standard InChI is InChI=1S/C21H20ClNO5S2/c1-27-15-6-8-16(9-7-15)30(25,26)20(19-4-3-11-29-19)13-23-21(24)17-12-14(22)5-10-18(17)28-2/h3-12,20H,13H2,1-2H3,(H,23,24)/t20-/m1/s1. The first kappa shape index (κ1) is 22.1. The first-order valence-corrected chi connectivity index (χ1v) is 11.7. The monoisotopic (exact) mass is 465 g/mol. The number of methoxy groups -OCH3 is 2. The molecule has 3 aromatic rings. The Morgan fingerprint density at radius 3 is 2.43 bits per heavy atom.